The average molecular weight is 499 g/mol. The Labute approximate surface area is 215 Å². The van der Waals surface area contributed by atoms with Crippen molar-refractivity contribution in [2.45, 2.75) is 39.7 Å². The van der Waals surface area contributed by atoms with E-state index in [2.05, 4.69) is 15.1 Å². The second-order valence-electron chi connectivity index (χ2n) is 8.97. The van der Waals surface area contributed by atoms with Crippen molar-refractivity contribution >= 4 is 28.7 Å². The molecular formula is C29H30N4O4. The molecule has 0 radical (unpaired) electrons. The normalized spacial score (nSPS) is 11.2. The molecule has 0 fully saturated rings. The number of aromatic nitrogens is 1. The summed E-state index contributed by atoms with van der Waals surface area (Å²) in [6.07, 6.45) is 3.60. The van der Waals surface area contributed by atoms with Gasteiger partial charge in [0.05, 0.1) is 18.2 Å². The molecule has 37 heavy (non-hydrogen) atoms. The second-order valence-corrected chi connectivity index (χ2v) is 8.97. The fraction of sp³-hybridized carbons (Fsp3) is 0.241. The van der Waals surface area contributed by atoms with Gasteiger partial charge in [0.1, 0.15) is 5.75 Å². The number of carbonyl (C=O) groups excluding carboxylic acids is 1. The molecule has 1 amide bonds. The topological polar surface area (TPSA) is 98.8 Å². The number of non-ortho nitro benzene ring substituents is 1. The van der Waals surface area contributed by atoms with E-state index in [0.717, 1.165) is 51.9 Å². The van der Waals surface area contributed by atoms with Crippen molar-refractivity contribution in [2.75, 3.05) is 7.11 Å². The number of fused-ring (bicyclic) bond motifs is 1. The fourth-order valence-electron chi connectivity index (χ4n) is 4.47. The molecule has 0 unspecified atom stereocenters. The Morgan fingerprint density at radius 3 is 2.57 bits per heavy atom. The molecule has 0 spiro atoms. The molecule has 3 aromatic carbocycles. The number of hydrogen-bond donors (Lipinski definition) is 1. The van der Waals surface area contributed by atoms with Crippen molar-refractivity contribution in [1.29, 1.82) is 0 Å². The summed E-state index contributed by atoms with van der Waals surface area (Å²) in [5, 5.41) is 16.2. The number of nitrogens with one attached hydrogen (secondary N) is 1. The number of rotatable bonds is 10. The molecule has 0 aliphatic heterocycles. The zero-order chi connectivity index (χ0) is 26.4. The number of benzene rings is 3. The number of para-hydroxylation sites is 1. The standard InChI is InChI=1S/C29H30N4O4/c1-20-17-25(37-3)16-13-23(20)7-6-10-29(34)31-30-18-27-21(2)32(28-9-5-4-8-26(27)28)19-22-11-14-24(15-12-22)33(35)36/h4-5,8-9,11-18H,6-7,10,19H2,1-3H3,(H,31,34)/b30-18-. The quantitative estimate of drug-likeness (QED) is 0.172. The Morgan fingerprint density at radius 1 is 1.11 bits per heavy atom. The first-order chi connectivity index (χ1) is 17.9. The second kappa shape index (κ2) is 11.5. The van der Waals surface area contributed by atoms with Crippen LogP contribution in [0.2, 0.25) is 0 Å². The van der Waals surface area contributed by atoms with Gasteiger partial charge in [-0.25, -0.2) is 5.43 Å². The van der Waals surface area contributed by atoms with Crippen molar-refractivity contribution in [1.82, 2.24) is 9.99 Å². The van der Waals surface area contributed by atoms with Crippen LogP contribution in [0.3, 0.4) is 0 Å². The summed E-state index contributed by atoms with van der Waals surface area (Å²) < 4.78 is 7.40. The van der Waals surface area contributed by atoms with Crippen LogP contribution >= 0.6 is 0 Å². The third-order valence-electron chi connectivity index (χ3n) is 6.55. The van der Waals surface area contributed by atoms with Gasteiger partial charge in [0.2, 0.25) is 5.91 Å². The molecule has 0 saturated carbocycles. The fourth-order valence-corrected chi connectivity index (χ4v) is 4.47. The van der Waals surface area contributed by atoms with Crippen LogP contribution in [0.1, 0.15) is 40.8 Å². The van der Waals surface area contributed by atoms with E-state index in [1.807, 2.05) is 56.3 Å². The Hall–Kier alpha value is -4.46. The van der Waals surface area contributed by atoms with E-state index in [0.29, 0.717) is 13.0 Å². The summed E-state index contributed by atoms with van der Waals surface area (Å²) >= 11 is 0. The van der Waals surface area contributed by atoms with Gasteiger partial charge in [-0.2, -0.15) is 5.10 Å². The highest BCUT2D eigenvalue weighted by Crippen LogP contribution is 2.26. The minimum atomic E-state index is -0.400. The van der Waals surface area contributed by atoms with Crippen molar-refractivity contribution in [2.24, 2.45) is 5.10 Å². The van der Waals surface area contributed by atoms with Gasteiger partial charge in [-0.3, -0.25) is 14.9 Å². The van der Waals surface area contributed by atoms with Crippen LogP contribution in [-0.2, 0) is 17.8 Å². The predicted molar refractivity (Wildman–Crippen MR) is 145 cm³/mol. The summed E-state index contributed by atoms with van der Waals surface area (Å²) in [6.45, 7) is 4.61. The lowest BCUT2D eigenvalue weighted by molar-refractivity contribution is -0.384. The molecule has 1 aromatic heterocycles. The number of carbonyl (C=O) groups is 1. The summed E-state index contributed by atoms with van der Waals surface area (Å²) in [4.78, 5) is 22.9. The van der Waals surface area contributed by atoms with Gasteiger partial charge in [0.25, 0.3) is 5.69 Å². The van der Waals surface area contributed by atoms with E-state index in [1.165, 1.54) is 17.7 Å². The smallest absolute Gasteiger partial charge is 0.269 e. The van der Waals surface area contributed by atoms with E-state index in [1.54, 1.807) is 25.5 Å². The zero-order valence-corrected chi connectivity index (χ0v) is 21.2. The number of nitro benzene ring substituents is 1. The predicted octanol–water partition coefficient (Wildman–Crippen LogP) is 5.70. The highest BCUT2D eigenvalue weighted by molar-refractivity contribution is 6.01. The highest BCUT2D eigenvalue weighted by Gasteiger charge is 2.14. The summed E-state index contributed by atoms with van der Waals surface area (Å²) in [6, 6.07) is 20.6. The maximum absolute atomic E-state index is 12.4. The van der Waals surface area contributed by atoms with Gasteiger partial charge >= 0.3 is 0 Å². The molecule has 0 atom stereocenters. The molecule has 0 bridgehead atoms. The molecule has 8 nitrogen and oxygen atoms in total. The molecular weight excluding hydrogens is 468 g/mol. The number of hydrazone groups is 1. The van der Waals surface area contributed by atoms with E-state index >= 15 is 0 Å². The molecule has 4 rings (SSSR count). The molecule has 0 saturated heterocycles. The summed E-state index contributed by atoms with van der Waals surface area (Å²) in [5.41, 5.74) is 8.98. The average Bonchev–Trinajstić information content (AvgIpc) is 3.16. The third-order valence-corrected chi connectivity index (χ3v) is 6.55. The van der Waals surface area contributed by atoms with Gasteiger partial charge in [0.15, 0.2) is 0 Å². The van der Waals surface area contributed by atoms with Gasteiger partial charge in [0, 0.05) is 47.3 Å². The van der Waals surface area contributed by atoms with Crippen molar-refractivity contribution in [3.8, 4) is 5.75 Å². The number of amides is 1. The molecule has 4 aromatic rings. The minimum absolute atomic E-state index is 0.0699. The zero-order valence-electron chi connectivity index (χ0n) is 21.2. The maximum Gasteiger partial charge on any atom is 0.269 e. The van der Waals surface area contributed by atoms with Crippen LogP contribution in [-0.4, -0.2) is 28.7 Å². The number of aryl methyl sites for hydroxylation is 2. The lowest BCUT2D eigenvalue weighted by Crippen LogP contribution is -2.17. The van der Waals surface area contributed by atoms with Crippen LogP contribution in [0.15, 0.2) is 71.8 Å². The Bertz CT molecular complexity index is 1460. The molecule has 0 aliphatic rings. The third kappa shape index (κ3) is 6.03. The van der Waals surface area contributed by atoms with Crippen LogP contribution in [0.25, 0.3) is 10.9 Å². The highest BCUT2D eigenvalue weighted by atomic mass is 16.6. The summed E-state index contributed by atoms with van der Waals surface area (Å²) in [5.74, 6) is 0.701. The molecule has 1 heterocycles. The van der Waals surface area contributed by atoms with Gasteiger partial charge < -0.3 is 9.30 Å². The van der Waals surface area contributed by atoms with E-state index in [-0.39, 0.29) is 11.6 Å². The van der Waals surface area contributed by atoms with Gasteiger partial charge in [-0.15, -0.1) is 0 Å². The number of nitrogens with zero attached hydrogens (tertiary/aromatic N) is 3. The van der Waals surface area contributed by atoms with Crippen LogP contribution < -0.4 is 10.2 Å². The monoisotopic (exact) mass is 498 g/mol. The first-order valence-corrected chi connectivity index (χ1v) is 12.1. The van der Waals surface area contributed by atoms with Crippen LogP contribution in [0.5, 0.6) is 5.75 Å². The number of methoxy groups -OCH3 is 1. The van der Waals surface area contributed by atoms with Crippen LogP contribution in [0.4, 0.5) is 5.69 Å². The number of ether oxygens (including phenoxy) is 1. The molecule has 1 N–H and O–H groups in total. The van der Waals surface area contributed by atoms with E-state index in [4.69, 9.17) is 4.74 Å². The van der Waals surface area contributed by atoms with E-state index in [9.17, 15) is 14.9 Å². The van der Waals surface area contributed by atoms with Crippen molar-refractivity contribution in [3.05, 3.63) is 105 Å². The number of hydrogen-bond acceptors (Lipinski definition) is 5. The molecule has 0 aliphatic carbocycles. The van der Waals surface area contributed by atoms with Gasteiger partial charge in [-0.1, -0.05) is 36.4 Å². The molecule has 190 valence electrons. The van der Waals surface area contributed by atoms with Crippen molar-refractivity contribution < 1.29 is 14.5 Å². The van der Waals surface area contributed by atoms with Crippen LogP contribution in [0, 0.1) is 24.0 Å². The minimum Gasteiger partial charge on any atom is -0.497 e. The summed E-state index contributed by atoms with van der Waals surface area (Å²) in [7, 11) is 1.65. The first kappa shape index (κ1) is 25.6. The lowest BCUT2D eigenvalue weighted by atomic mass is 10.0. The number of nitro groups is 1. The first-order valence-electron chi connectivity index (χ1n) is 12.1. The van der Waals surface area contributed by atoms with Gasteiger partial charge in [-0.05, 0) is 61.6 Å². The SMILES string of the molecule is COc1ccc(CCCC(=O)N/N=C\c2c(C)n(Cc3ccc([N+](=O)[O-])cc3)c3ccccc23)c(C)c1. The Balaban J connectivity index is 1.41. The Morgan fingerprint density at radius 2 is 1.86 bits per heavy atom. The molecule has 8 heteroatoms. The van der Waals surface area contributed by atoms with E-state index < -0.39 is 4.92 Å². The van der Waals surface area contributed by atoms with Crippen molar-refractivity contribution in [3.63, 3.8) is 0 Å². The Kier molecular flexibility index (Phi) is 7.98. The maximum atomic E-state index is 12.4. The largest absolute Gasteiger partial charge is 0.497 e. The lowest BCUT2D eigenvalue weighted by Gasteiger charge is -2.09.